The first-order chi connectivity index (χ1) is 5.33. The second-order valence-electron chi connectivity index (χ2n) is 2.43. The van der Waals surface area contributed by atoms with Crippen LogP contribution in [0.2, 0.25) is 0 Å². The molecule has 4 heteroatoms. The number of Topliss-reactive ketones (excluding diaryl/α,β-unsaturated/α-hetero) is 1. The van der Waals surface area contributed by atoms with E-state index in [0.717, 1.165) is 6.42 Å². The molecular weight excluding hydrogens is 148 g/mol. The molecule has 0 aromatic rings. The van der Waals surface area contributed by atoms with Crippen LogP contribution in [0.1, 0.15) is 12.8 Å². The highest BCUT2D eigenvalue weighted by Gasteiger charge is 2.16. The van der Waals surface area contributed by atoms with Gasteiger partial charge in [-0.15, -0.1) is 0 Å². The monoisotopic (exact) mass is 160 g/mol. The van der Waals surface area contributed by atoms with E-state index in [9.17, 15) is 4.79 Å². The van der Waals surface area contributed by atoms with Gasteiger partial charge in [0.1, 0.15) is 6.61 Å². The van der Waals surface area contributed by atoms with Gasteiger partial charge in [0.05, 0.1) is 19.6 Å². The minimum absolute atomic E-state index is 0.163. The van der Waals surface area contributed by atoms with E-state index in [4.69, 9.17) is 14.6 Å². The lowest BCUT2D eigenvalue weighted by molar-refractivity contribution is -0.183. The minimum atomic E-state index is -0.427. The van der Waals surface area contributed by atoms with Crippen LogP contribution >= 0.6 is 0 Å². The van der Waals surface area contributed by atoms with Gasteiger partial charge in [-0.25, -0.2) is 0 Å². The molecule has 0 aromatic carbocycles. The van der Waals surface area contributed by atoms with Gasteiger partial charge in [-0.1, -0.05) is 0 Å². The number of ether oxygens (including phenoxy) is 2. The molecule has 4 nitrogen and oxygen atoms in total. The Bertz CT molecular complexity index is 128. The van der Waals surface area contributed by atoms with Gasteiger partial charge in [-0.2, -0.15) is 0 Å². The minimum Gasteiger partial charge on any atom is -0.389 e. The molecule has 1 heterocycles. The third-order valence-electron chi connectivity index (χ3n) is 1.47. The van der Waals surface area contributed by atoms with Crippen LogP contribution in [0, 0.1) is 0 Å². The molecule has 0 radical (unpaired) electrons. The first-order valence-electron chi connectivity index (χ1n) is 3.68. The summed E-state index contributed by atoms with van der Waals surface area (Å²) in [6.07, 6.45) is 0.615. The molecule has 1 aliphatic heterocycles. The van der Waals surface area contributed by atoms with Crippen LogP contribution in [0.4, 0.5) is 0 Å². The van der Waals surface area contributed by atoms with Crippen LogP contribution in [0.15, 0.2) is 0 Å². The van der Waals surface area contributed by atoms with E-state index < -0.39 is 12.9 Å². The number of aliphatic hydroxyl groups is 1. The van der Waals surface area contributed by atoms with Gasteiger partial charge in [0.25, 0.3) is 0 Å². The summed E-state index contributed by atoms with van der Waals surface area (Å²) in [5.74, 6) is -0.239. The summed E-state index contributed by atoms with van der Waals surface area (Å²) in [7, 11) is 0. The Labute approximate surface area is 65.1 Å². The van der Waals surface area contributed by atoms with E-state index in [-0.39, 0.29) is 12.2 Å². The first-order valence-corrected chi connectivity index (χ1v) is 3.68. The van der Waals surface area contributed by atoms with Gasteiger partial charge in [-0.3, -0.25) is 4.79 Å². The quantitative estimate of drug-likeness (QED) is 0.616. The van der Waals surface area contributed by atoms with Crippen molar-refractivity contribution in [3.63, 3.8) is 0 Å². The van der Waals surface area contributed by atoms with Crippen molar-refractivity contribution in [2.24, 2.45) is 0 Å². The van der Waals surface area contributed by atoms with Crippen LogP contribution in [-0.4, -0.2) is 37.0 Å². The molecule has 1 N–H and O–H groups in total. The van der Waals surface area contributed by atoms with Crippen molar-refractivity contribution in [3.05, 3.63) is 0 Å². The Morgan fingerprint density at radius 1 is 1.45 bits per heavy atom. The van der Waals surface area contributed by atoms with Crippen LogP contribution in [0.25, 0.3) is 0 Å². The Hall–Kier alpha value is -0.450. The van der Waals surface area contributed by atoms with Gasteiger partial charge in [0.15, 0.2) is 12.1 Å². The molecule has 0 bridgehead atoms. The van der Waals surface area contributed by atoms with E-state index in [1.165, 1.54) is 0 Å². The number of aliphatic hydroxyl groups excluding tert-OH is 1. The average molecular weight is 160 g/mol. The predicted octanol–water partition coefficient (Wildman–Crippen LogP) is -0.299. The zero-order valence-electron chi connectivity index (χ0n) is 6.28. The summed E-state index contributed by atoms with van der Waals surface area (Å²) in [6, 6.07) is 0. The fourth-order valence-corrected chi connectivity index (χ4v) is 0.905. The molecule has 0 saturated carbocycles. The fraction of sp³-hybridized carbons (Fsp3) is 0.857. The largest absolute Gasteiger partial charge is 0.389 e. The molecule has 1 aliphatic rings. The Morgan fingerprint density at radius 2 is 2.09 bits per heavy atom. The number of ketones is 1. The van der Waals surface area contributed by atoms with Crippen LogP contribution in [0.5, 0.6) is 0 Å². The van der Waals surface area contributed by atoms with Crippen molar-refractivity contribution in [2.45, 2.75) is 19.1 Å². The molecule has 0 atom stereocenters. The Kier molecular flexibility index (Phi) is 3.48. The van der Waals surface area contributed by atoms with E-state index in [1.807, 2.05) is 0 Å². The molecule has 0 aromatic heterocycles. The van der Waals surface area contributed by atoms with Crippen LogP contribution in [-0.2, 0) is 14.3 Å². The number of hydrogen-bond donors (Lipinski definition) is 1. The molecule has 1 fully saturated rings. The second-order valence-corrected chi connectivity index (χ2v) is 2.43. The SMILES string of the molecule is O=C(CO)CC1OCCCO1. The zero-order valence-corrected chi connectivity index (χ0v) is 6.28. The van der Waals surface area contributed by atoms with Crippen molar-refractivity contribution < 1.29 is 19.4 Å². The lowest BCUT2D eigenvalue weighted by atomic mass is 10.3. The highest BCUT2D eigenvalue weighted by Crippen LogP contribution is 2.08. The normalized spacial score (nSPS) is 20.1. The Balaban J connectivity index is 2.19. The maximum atomic E-state index is 10.7. The summed E-state index contributed by atoms with van der Waals surface area (Å²) >= 11 is 0. The molecule has 11 heavy (non-hydrogen) atoms. The van der Waals surface area contributed by atoms with Gasteiger partial charge in [-0.05, 0) is 6.42 Å². The molecule has 0 unspecified atom stereocenters. The molecule has 64 valence electrons. The lowest BCUT2D eigenvalue weighted by Gasteiger charge is -2.22. The smallest absolute Gasteiger partial charge is 0.164 e. The standard InChI is InChI=1S/C7H12O4/c8-5-6(9)4-7-10-2-1-3-11-7/h7-8H,1-5H2. The third-order valence-corrected chi connectivity index (χ3v) is 1.47. The third kappa shape index (κ3) is 2.96. The number of carbonyl (C=O) groups is 1. The topological polar surface area (TPSA) is 55.8 Å². The zero-order chi connectivity index (χ0) is 8.10. The van der Waals surface area contributed by atoms with Crippen molar-refractivity contribution in [1.82, 2.24) is 0 Å². The molecular formula is C7H12O4. The fourth-order valence-electron chi connectivity index (χ4n) is 0.905. The second kappa shape index (κ2) is 4.43. The molecule has 1 rings (SSSR count). The molecule has 1 saturated heterocycles. The summed E-state index contributed by atoms with van der Waals surface area (Å²) in [4.78, 5) is 10.7. The molecule has 0 spiro atoms. The maximum Gasteiger partial charge on any atom is 0.164 e. The first kappa shape index (κ1) is 8.64. The summed E-state index contributed by atoms with van der Waals surface area (Å²) < 4.78 is 10.2. The summed E-state index contributed by atoms with van der Waals surface area (Å²) in [5.41, 5.74) is 0. The van der Waals surface area contributed by atoms with Gasteiger partial charge in [0, 0.05) is 0 Å². The van der Waals surface area contributed by atoms with E-state index in [1.54, 1.807) is 0 Å². The summed E-state index contributed by atoms with van der Waals surface area (Å²) in [5, 5.41) is 8.40. The molecule has 0 aliphatic carbocycles. The van der Waals surface area contributed by atoms with Gasteiger partial charge in [0.2, 0.25) is 0 Å². The summed E-state index contributed by atoms with van der Waals surface area (Å²) in [6.45, 7) is 0.857. The highest BCUT2D eigenvalue weighted by atomic mass is 16.7. The number of hydrogen-bond acceptors (Lipinski definition) is 4. The van der Waals surface area contributed by atoms with Crippen molar-refractivity contribution >= 4 is 5.78 Å². The number of carbonyl (C=O) groups excluding carboxylic acids is 1. The van der Waals surface area contributed by atoms with Crippen LogP contribution in [0.3, 0.4) is 0 Å². The van der Waals surface area contributed by atoms with Crippen molar-refractivity contribution in [1.29, 1.82) is 0 Å². The molecule has 0 amide bonds. The van der Waals surface area contributed by atoms with Crippen LogP contribution < -0.4 is 0 Å². The van der Waals surface area contributed by atoms with E-state index >= 15 is 0 Å². The highest BCUT2D eigenvalue weighted by molar-refractivity contribution is 5.79. The average Bonchev–Trinajstić information content (AvgIpc) is 2.06. The number of rotatable bonds is 3. The van der Waals surface area contributed by atoms with E-state index in [0.29, 0.717) is 13.2 Å². The van der Waals surface area contributed by atoms with Gasteiger partial charge < -0.3 is 14.6 Å². The van der Waals surface area contributed by atoms with Crippen molar-refractivity contribution in [2.75, 3.05) is 19.8 Å². The maximum absolute atomic E-state index is 10.7. The van der Waals surface area contributed by atoms with E-state index in [2.05, 4.69) is 0 Å². The Morgan fingerprint density at radius 3 is 2.64 bits per heavy atom. The predicted molar refractivity (Wildman–Crippen MR) is 37.0 cm³/mol. The lowest BCUT2D eigenvalue weighted by Crippen LogP contribution is -2.28. The van der Waals surface area contributed by atoms with Crippen molar-refractivity contribution in [3.8, 4) is 0 Å². The van der Waals surface area contributed by atoms with Gasteiger partial charge >= 0.3 is 0 Å².